The van der Waals surface area contributed by atoms with E-state index in [4.69, 9.17) is 4.74 Å². The van der Waals surface area contributed by atoms with E-state index in [2.05, 4.69) is 24.3 Å². The molecule has 92 valence electrons. The molecule has 1 fully saturated rings. The van der Waals surface area contributed by atoms with Gasteiger partial charge in [0, 0.05) is 29.8 Å². The Morgan fingerprint density at radius 3 is 2.82 bits per heavy atom. The smallest absolute Gasteiger partial charge is 0.0647 e. The standard InChI is InChI=1S/C14H18O2S/c15-14(10-5-7-16-8-6-10)12-9-17-13-4-2-1-3-11(12)13/h1-4,10,12,14-15H,5-9H2. The lowest BCUT2D eigenvalue weighted by Crippen LogP contribution is -2.32. The highest BCUT2D eigenvalue weighted by atomic mass is 32.2. The second-order valence-corrected chi connectivity index (χ2v) is 5.96. The van der Waals surface area contributed by atoms with Crippen LogP contribution in [0.25, 0.3) is 0 Å². The van der Waals surface area contributed by atoms with Gasteiger partial charge < -0.3 is 9.84 Å². The van der Waals surface area contributed by atoms with E-state index in [0.29, 0.717) is 11.8 Å². The first-order valence-corrected chi connectivity index (χ1v) is 7.32. The largest absolute Gasteiger partial charge is 0.392 e. The van der Waals surface area contributed by atoms with Gasteiger partial charge in [-0.05, 0) is 30.4 Å². The lowest BCUT2D eigenvalue weighted by atomic mass is 9.83. The van der Waals surface area contributed by atoms with Gasteiger partial charge in [0.2, 0.25) is 0 Å². The first-order chi connectivity index (χ1) is 8.36. The zero-order chi connectivity index (χ0) is 11.7. The zero-order valence-corrected chi connectivity index (χ0v) is 10.7. The third kappa shape index (κ3) is 2.24. The molecule has 1 aromatic carbocycles. The van der Waals surface area contributed by atoms with Crippen molar-refractivity contribution in [2.45, 2.75) is 29.8 Å². The van der Waals surface area contributed by atoms with Crippen molar-refractivity contribution in [1.82, 2.24) is 0 Å². The van der Waals surface area contributed by atoms with E-state index in [0.717, 1.165) is 31.8 Å². The predicted octanol–water partition coefficient (Wildman–Crippen LogP) is 2.66. The number of aliphatic hydroxyl groups excluding tert-OH is 1. The van der Waals surface area contributed by atoms with E-state index in [1.54, 1.807) is 0 Å². The monoisotopic (exact) mass is 250 g/mol. The molecule has 0 amide bonds. The van der Waals surface area contributed by atoms with Crippen LogP contribution in [0.2, 0.25) is 0 Å². The van der Waals surface area contributed by atoms with Crippen LogP contribution in [0.4, 0.5) is 0 Å². The van der Waals surface area contributed by atoms with E-state index in [1.165, 1.54) is 10.5 Å². The van der Waals surface area contributed by atoms with Crippen molar-refractivity contribution in [1.29, 1.82) is 0 Å². The summed E-state index contributed by atoms with van der Waals surface area (Å²) in [5, 5.41) is 10.6. The summed E-state index contributed by atoms with van der Waals surface area (Å²) in [7, 11) is 0. The summed E-state index contributed by atoms with van der Waals surface area (Å²) in [6, 6.07) is 8.49. The van der Waals surface area contributed by atoms with Crippen LogP contribution in [0.5, 0.6) is 0 Å². The number of aliphatic hydroxyl groups is 1. The minimum Gasteiger partial charge on any atom is -0.392 e. The fourth-order valence-corrected chi connectivity index (χ4v) is 4.15. The SMILES string of the molecule is OC(C1CCOCC1)C1CSc2ccccc21. The molecule has 0 aliphatic carbocycles. The van der Waals surface area contributed by atoms with Gasteiger partial charge in [-0.3, -0.25) is 0 Å². The maximum absolute atomic E-state index is 10.6. The maximum atomic E-state index is 10.6. The van der Waals surface area contributed by atoms with Gasteiger partial charge >= 0.3 is 0 Å². The van der Waals surface area contributed by atoms with Gasteiger partial charge in [0.15, 0.2) is 0 Å². The van der Waals surface area contributed by atoms with Crippen LogP contribution in [-0.2, 0) is 4.74 Å². The molecule has 0 radical (unpaired) electrons. The molecule has 2 heterocycles. The number of hydrogen-bond donors (Lipinski definition) is 1. The van der Waals surface area contributed by atoms with Gasteiger partial charge in [0.1, 0.15) is 0 Å². The Labute approximate surface area is 106 Å². The summed E-state index contributed by atoms with van der Waals surface area (Å²) >= 11 is 1.88. The number of benzene rings is 1. The predicted molar refractivity (Wildman–Crippen MR) is 69.5 cm³/mol. The molecule has 17 heavy (non-hydrogen) atoms. The van der Waals surface area contributed by atoms with Crippen molar-refractivity contribution in [3.8, 4) is 0 Å². The molecule has 0 bridgehead atoms. The molecule has 1 aromatic rings. The normalized spacial score (nSPS) is 26.8. The second kappa shape index (κ2) is 5.01. The number of hydrogen-bond acceptors (Lipinski definition) is 3. The molecule has 0 saturated carbocycles. The number of ether oxygens (including phenoxy) is 1. The summed E-state index contributed by atoms with van der Waals surface area (Å²) in [4.78, 5) is 1.35. The topological polar surface area (TPSA) is 29.5 Å². The Morgan fingerprint density at radius 1 is 1.24 bits per heavy atom. The van der Waals surface area contributed by atoms with Crippen molar-refractivity contribution < 1.29 is 9.84 Å². The van der Waals surface area contributed by atoms with Crippen molar-refractivity contribution in [2.24, 2.45) is 5.92 Å². The average molecular weight is 250 g/mol. The van der Waals surface area contributed by atoms with E-state index in [9.17, 15) is 5.11 Å². The first-order valence-electron chi connectivity index (χ1n) is 6.34. The van der Waals surface area contributed by atoms with Crippen LogP contribution in [0.3, 0.4) is 0 Å². The summed E-state index contributed by atoms with van der Waals surface area (Å²) in [6.07, 6.45) is 1.81. The van der Waals surface area contributed by atoms with Crippen molar-refractivity contribution in [3.05, 3.63) is 29.8 Å². The quantitative estimate of drug-likeness (QED) is 0.875. The molecule has 2 nitrogen and oxygen atoms in total. The molecule has 2 atom stereocenters. The lowest BCUT2D eigenvalue weighted by molar-refractivity contribution is 0.0000264. The highest BCUT2D eigenvalue weighted by Gasteiger charge is 2.34. The second-order valence-electron chi connectivity index (χ2n) is 4.90. The Bertz CT molecular complexity index is 388. The molecular formula is C14H18O2S. The van der Waals surface area contributed by atoms with Gasteiger partial charge in [0.05, 0.1) is 6.10 Å². The summed E-state index contributed by atoms with van der Waals surface area (Å²) < 4.78 is 5.37. The van der Waals surface area contributed by atoms with Gasteiger partial charge in [-0.25, -0.2) is 0 Å². The molecule has 1 N–H and O–H groups in total. The number of fused-ring (bicyclic) bond motifs is 1. The third-order valence-corrected chi connectivity index (χ3v) is 5.11. The summed E-state index contributed by atoms with van der Waals surface area (Å²) in [5.74, 6) is 1.76. The molecule has 2 aliphatic rings. The average Bonchev–Trinajstić information content (AvgIpc) is 2.83. The molecule has 3 heteroatoms. The van der Waals surface area contributed by atoms with E-state index < -0.39 is 0 Å². The van der Waals surface area contributed by atoms with Gasteiger partial charge in [-0.15, -0.1) is 11.8 Å². The Balaban J connectivity index is 1.76. The van der Waals surface area contributed by atoms with Gasteiger partial charge in [0.25, 0.3) is 0 Å². The number of rotatable bonds is 2. The lowest BCUT2D eigenvalue weighted by Gasteiger charge is -2.30. The zero-order valence-electron chi connectivity index (χ0n) is 9.84. The molecule has 0 aromatic heterocycles. The molecule has 2 aliphatic heterocycles. The molecule has 1 saturated heterocycles. The van der Waals surface area contributed by atoms with Crippen LogP contribution >= 0.6 is 11.8 Å². The Kier molecular flexibility index (Phi) is 3.41. The minimum absolute atomic E-state index is 0.199. The Hall–Kier alpha value is -0.510. The van der Waals surface area contributed by atoms with Crippen LogP contribution in [-0.4, -0.2) is 30.2 Å². The minimum atomic E-state index is -0.199. The fourth-order valence-electron chi connectivity index (χ4n) is 2.86. The summed E-state index contributed by atoms with van der Waals surface area (Å²) in [5.41, 5.74) is 1.34. The molecular weight excluding hydrogens is 232 g/mol. The summed E-state index contributed by atoms with van der Waals surface area (Å²) in [6.45, 7) is 1.62. The Morgan fingerprint density at radius 2 is 2.00 bits per heavy atom. The van der Waals surface area contributed by atoms with Crippen LogP contribution < -0.4 is 0 Å². The first kappa shape index (κ1) is 11.6. The maximum Gasteiger partial charge on any atom is 0.0647 e. The van der Waals surface area contributed by atoms with Crippen LogP contribution in [0.15, 0.2) is 29.2 Å². The third-order valence-electron chi connectivity index (χ3n) is 3.90. The molecule has 0 spiro atoms. The molecule has 2 unspecified atom stereocenters. The highest BCUT2D eigenvalue weighted by Crippen LogP contribution is 2.43. The van der Waals surface area contributed by atoms with Crippen molar-refractivity contribution >= 4 is 11.8 Å². The molecule has 3 rings (SSSR count). The van der Waals surface area contributed by atoms with E-state index >= 15 is 0 Å². The fraction of sp³-hybridized carbons (Fsp3) is 0.571. The number of thioether (sulfide) groups is 1. The van der Waals surface area contributed by atoms with E-state index in [1.807, 2.05) is 11.8 Å². The van der Waals surface area contributed by atoms with Gasteiger partial charge in [-0.1, -0.05) is 18.2 Å². The van der Waals surface area contributed by atoms with Crippen LogP contribution in [0, 0.1) is 5.92 Å². The van der Waals surface area contributed by atoms with Crippen molar-refractivity contribution in [2.75, 3.05) is 19.0 Å². The van der Waals surface area contributed by atoms with Gasteiger partial charge in [-0.2, -0.15) is 0 Å². The van der Waals surface area contributed by atoms with Crippen molar-refractivity contribution in [3.63, 3.8) is 0 Å². The van der Waals surface area contributed by atoms with Crippen LogP contribution in [0.1, 0.15) is 24.3 Å². The van der Waals surface area contributed by atoms with E-state index in [-0.39, 0.29) is 6.10 Å². The highest BCUT2D eigenvalue weighted by molar-refractivity contribution is 7.99.